The number of ether oxygens (including phenoxy) is 1. The first kappa shape index (κ1) is 14.1. The molecule has 1 rings (SSSR count). The number of nitrogens with zero attached hydrogens (tertiary/aromatic N) is 3. The van der Waals surface area contributed by atoms with E-state index in [1.807, 2.05) is 4.68 Å². The molecule has 0 aliphatic heterocycles. The molecule has 6 heteroatoms. The van der Waals surface area contributed by atoms with Gasteiger partial charge in [-0.25, -0.2) is 9.67 Å². The van der Waals surface area contributed by atoms with Crippen molar-refractivity contribution in [2.75, 3.05) is 33.4 Å². The third-order valence-corrected chi connectivity index (χ3v) is 2.58. The van der Waals surface area contributed by atoms with Crippen molar-refractivity contribution in [1.82, 2.24) is 25.4 Å². The fourth-order valence-electron chi connectivity index (χ4n) is 1.48. The molecule has 0 aliphatic carbocycles. The van der Waals surface area contributed by atoms with E-state index in [2.05, 4.69) is 34.6 Å². The summed E-state index contributed by atoms with van der Waals surface area (Å²) in [6.07, 6.45) is 3.31. The number of methoxy groups -OCH3 is 1. The fourth-order valence-corrected chi connectivity index (χ4v) is 1.48. The summed E-state index contributed by atoms with van der Waals surface area (Å²) in [5, 5.41) is 10.9. The molecule has 2 atom stereocenters. The van der Waals surface area contributed by atoms with Gasteiger partial charge in [-0.2, -0.15) is 5.10 Å². The zero-order valence-electron chi connectivity index (χ0n) is 10.9. The second-order valence-electron chi connectivity index (χ2n) is 4.23. The summed E-state index contributed by atoms with van der Waals surface area (Å²) < 4.78 is 6.83. The number of aromatic nitrogens is 3. The Balaban J connectivity index is 2.09. The third-order valence-electron chi connectivity index (χ3n) is 2.58. The molecule has 0 amide bonds. The Morgan fingerprint density at radius 1 is 1.35 bits per heavy atom. The van der Waals surface area contributed by atoms with Gasteiger partial charge in [0.1, 0.15) is 12.7 Å². The molecular formula is C11H23N5O. The van der Waals surface area contributed by atoms with Crippen LogP contribution in [0, 0.1) is 0 Å². The van der Waals surface area contributed by atoms with Gasteiger partial charge in [-0.1, -0.05) is 0 Å². The average molecular weight is 241 g/mol. The zero-order chi connectivity index (χ0) is 12.5. The van der Waals surface area contributed by atoms with Crippen molar-refractivity contribution in [3.8, 4) is 0 Å². The maximum Gasteiger partial charge on any atom is 0.137 e. The smallest absolute Gasteiger partial charge is 0.137 e. The molecule has 0 bridgehead atoms. The van der Waals surface area contributed by atoms with E-state index in [0.29, 0.717) is 12.1 Å². The first-order valence-corrected chi connectivity index (χ1v) is 6.01. The van der Waals surface area contributed by atoms with E-state index < -0.39 is 0 Å². The van der Waals surface area contributed by atoms with Crippen molar-refractivity contribution in [3.05, 3.63) is 12.7 Å². The van der Waals surface area contributed by atoms with Gasteiger partial charge in [-0.3, -0.25) is 0 Å². The molecule has 98 valence electrons. The van der Waals surface area contributed by atoms with Crippen LogP contribution in [-0.4, -0.2) is 54.2 Å². The van der Waals surface area contributed by atoms with Crippen LogP contribution >= 0.6 is 0 Å². The molecule has 0 saturated carbocycles. The van der Waals surface area contributed by atoms with Gasteiger partial charge in [-0.15, -0.1) is 0 Å². The van der Waals surface area contributed by atoms with Crippen LogP contribution in [0.2, 0.25) is 0 Å². The standard InChI is InChI=1S/C11H23N5O/c1-10(6-12-4-5-17-3)14-7-11(2)16-9-13-8-15-16/h8-12,14H,4-7H2,1-3H3. The van der Waals surface area contributed by atoms with Gasteiger partial charge in [0.05, 0.1) is 12.6 Å². The highest BCUT2D eigenvalue weighted by Crippen LogP contribution is 1.99. The number of hydrogen-bond acceptors (Lipinski definition) is 5. The van der Waals surface area contributed by atoms with E-state index in [1.165, 1.54) is 0 Å². The van der Waals surface area contributed by atoms with Gasteiger partial charge in [0.25, 0.3) is 0 Å². The quantitative estimate of drug-likeness (QED) is 0.598. The number of hydrogen-bond donors (Lipinski definition) is 2. The molecule has 1 aromatic heterocycles. The number of nitrogens with one attached hydrogen (secondary N) is 2. The summed E-state index contributed by atoms with van der Waals surface area (Å²) in [4.78, 5) is 3.94. The van der Waals surface area contributed by atoms with Crippen molar-refractivity contribution < 1.29 is 4.74 Å². The van der Waals surface area contributed by atoms with Crippen LogP contribution in [0.15, 0.2) is 12.7 Å². The van der Waals surface area contributed by atoms with Crippen LogP contribution in [0.1, 0.15) is 19.9 Å². The minimum atomic E-state index is 0.318. The minimum Gasteiger partial charge on any atom is -0.383 e. The summed E-state index contributed by atoms with van der Waals surface area (Å²) in [6, 6.07) is 0.747. The molecule has 1 aromatic rings. The topological polar surface area (TPSA) is 64.0 Å². The summed E-state index contributed by atoms with van der Waals surface area (Å²) in [6.45, 7) is 7.74. The van der Waals surface area contributed by atoms with Gasteiger partial charge in [0, 0.05) is 32.8 Å². The van der Waals surface area contributed by atoms with Crippen molar-refractivity contribution in [3.63, 3.8) is 0 Å². The van der Waals surface area contributed by atoms with Gasteiger partial charge < -0.3 is 15.4 Å². The molecule has 2 N–H and O–H groups in total. The van der Waals surface area contributed by atoms with Crippen LogP contribution in [0.3, 0.4) is 0 Å². The molecule has 0 aliphatic rings. The molecule has 2 unspecified atom stereocenters. The largest absolute Gasteiger partial charge is 0.383 e. The van der Waals surface area contributed by atoms with E-state index in [4.69, 9.17) is 4.74 Å². The Kier molecular flexibility index (Phi) is 6.76. The molecule has 1 heterocycles. The lowest BCUT2D eigenvalue weighted by Gasteiger charge is -2.18. The minimum absolute atomic E-state index is 0.318. The molecule has 0 fully saturated rings. The lowest BCUT2D eigenvalue weighted by molar-refractivity contribution is 0.198. The van der Waals surface area contributed by atoms with Gasteiger partial charge >= 0.3 is 0 Å². The normalized spacial score (nSPS) is 14.8. The highest BCUT2D eigenvalue weighted by molar-refractivity contribution is 4.70. The van der Waals surface area contributed by atoms with Gasteiger partial charge in [0.2, 0.25) is 0 Å². The Labute approximate surface area is 103 Å². The van der Waals surface area contributed by atoms with Crippen LogP contribution in [-0.2, 0) is 4.74 Å². The predicted molar refractivity (Wildman–Crippen MR) is 66.9 cm³/mol. The second-order valence-corrected chi connectivity index (χ2v) is 4.23. The Morgan fingerprint density at radius 3 is 2.82 bits per heavy atom. The Hall–Kier alpha value is -0.980. The van der Waals surface area contributed by atoms with Crippen molar-refractivity contribution in [2.45, 2.75) is 25.9 Å². The maximum absolute atomic E-state index is 4.97. The van der Waals surface area contributed by atoms with Crippen molar-refractivity contribution in [1.29, 1.82) is 0 Å². The van der Waals surface area contributed by atoms with E-state index in [0.717, 1.165) is 26.2 Å². The number of rotatable bonds is 9. The van der Waals surface area contributed by atoms with E-state index in [9.17, 15) is 0 Å². The Morgan fingerprint density at radius 2 is 2.18 bits per heavy atom. The SMILES string of the molecule is COCCNCC(C)NCC(C)n1cncn1. The average Bonchev–Trinajstić information content (AvgIpc) is 2.85. The third kappa shape index (κ3) is 5.76. The monoisotopic (exact) mass is 241 g/mol. The van der Waals surface area contributed by atoms with E-state index >= 15 is 0 Å². The molecular weight excluding hydrogens is 218 g/mol. The highest BCUT2D eigenvalue weighted by atomic mass is 16.5. The predicted octanol–water partition coefficient (Wildman–Crippen LogP) is 0.0532. The summed E-state index contributed by atoms with van der Waals surface area (Å²) in [7, 11) is 1.71. The van der Waals surface area contributed by atoms with Crippen LogP contribution in [0.25, 0.3) is 0 Å². The first-order valence-electron chi connectivity index (χ1n) is 6.01. The molecule has 17 heavy (non-hydrogen) atoms. The van der Waals surface area contributed by atoms with Crippen LogP contribution in [0.4, 0.5) is 0 Å². The Bertz CT molecular complexity index is 277. The molecule has 0 spiro atoms. The molecule has 0 saturated heterocycles. The zero-order valence-corrected chi connectivity index (χ0v) is 10.9. The first-order chi connectivity index (χ1) is 8.24. The summed E-state index contributed by atoms with van der Waals surface area (Å²) in [5.41, 5.74) is 0. The van der Waals surface area contributed by atoms with E-state index in [-0.39, 0.29) is 0 Å². The summed E-state index contributed by atoms with van der Waals surface area (Å²) >= 11 is 0. The van der Waals surface area contributed by atoms with E-state index in [1.54, 1.807) is 19.8 Å². The lowest BCUT2D eigenvalue weighted by atomic mass is 10.3. The van der Waals surface area contributed by atoms with Crippen molar-refractivity contribution in [2.24, 2.45) is 0 Å². The highest BCUT2D eigenvalue weighted by Gasteiger charge is 2.07. The van der Waals surface area contributed by atoms with Gasteiger partial charge in [0.15, 0.2) is 0 Å². The second kappa shape index (κ2) is 8.16. The molecule has 6 nitrogen and oxygen atoms in total. The summed E-state index contributed by atoms with van der Waals surface area (Å²) in [5.74, 6) is 0. The van der Waals surface area contributed by atoms with Crippen molar-refractivity contribution >= 4 is 0 Å². The van der Waals surface area contributed by atoms with Crippen LogP contribution < -0.4 is 10.6 Å². The maximum atomic E-state index is 4.97. The lowest BCUT2D eigenvalue weighted by Crippen LogP contribution is -2.39. The molecule has 0 radical (unpaired) electrons. The fraction of sp³-hybridized carbons (Fsp3) is 0.818. The van der Waals surface area contributed by atoms with Crippen LogP contribution in [0.5, 0.6) is 0 Å². The molecule has 0 aromatic carbocycles. The van der Waals surface area contributed by atoms with Gasteiger partial charge in [-0.05, 0) is 13.8 Å².